The molecule has 2 heteroatoms. The largest absolute Gasteiger partial charge is 0.311 e. The third-order valence-electron chi connectivity index (χ3n) is 3.56. The van der Waals surface area contributed by atoms with Crippen LogP contribution in [0.3, 0.4) is 0 Å². The molecule has 0 radical (unpaired) electrons. The van der Waals surface area contributed by atoms with Crippen LogP contribution >= 0.6 is 11.8 Å². The van der Waals surface area contributed by atoms with E-state index >= 15 is 0 Å². The third-order valence-corrected chi connectivity index (χ3v) is 5.05. The van der Waals surface area contributed by atoms with Gasteiger partial charge in [-0.2, -0.15) is 11.8 Å². The number of hydrogen-bond donors (Lipinski definition) is 1. The van der Waals surface area contributed by atoms with Gasteiger partial charge in [0.15, 0.2) is 0 Å². The van der Waals surface area contributed by atoms with E-state index in [0.29, 0.717) is 12.1 Å². The number of benzene rings is 1. The molecule has 0 unspecified atom stereocenters. The number of thioether (sulfide) groups is 1. The van der Waals surface area contributed by atoms with Crippen LogP contribution in [-0.4, -0.2) is 17.3 Å². The first-order chi connectivity index (χ1) is 8.75. The van der Waals surface area contributed by atoms with Gasteiger partial charge in [0, 0.05) is 23.1 Å². The summed E-state index contributed by atoms with van der Waals surface area (Å²) >= 11 is 2.14. The van der Waals surface area contributed by atoms with Crippen molar-refractivity contribution in [3.63, 3.8) is 0 Å². The zero-order chi connectivity index (χ0) is 12.8. The SMILES string of the molecule is CC(C)N[C@@H]1CCCC[C@H]1SCc1ccccc1. The van der Waals surface area contributed by atoms with E-state index in [1.165, 1.54) is 31.2 Å². The lowest BCUT2D eigenvalue weighted by Crippen LogP contribution is -2.43. The van der Waals surface area contributed by atoms with Crippen molar-refractivity contribution < 1.29 is 0 Å². The monoisotopic (exact) mass is 263 g/mol. The van der Waals surface area contributed by atoms with Crippen LogP contribution in [0.1, 0.15) is 45.1 Å². The highest BCUT2D eigenvalue weighted by atomic mass is 32.2. The summed E-state index contributed by atoms with van der Waals surface area (Å²) in [5.74, 6) is 1.15. The summed E-state index contributed by atoms with van der Waals surface area (Å²) in [4.78, 5) is 0. The van der Waals surface area contributed by atoms with Crippen molar-refractivity contribution in [2.75, 3.05) is 0 Å². The van der Waals surface area contributed by atoms with E-state index in [1.54, 1.807) is 0 Å². The topological polar surface area (TPSA) is 12.0 Å². The van der Waals surface area contributed by atoms with E-state index in [2.05, 4.69) is 61.3 Å². The summed E-state index contributed by atoms with van der Waals surface area (Å²) in [5.41, 5.74) is 1.45. The fraction of sp³-hybridized carbons (Fsp3) is 0.625. The van der Waals surface area contributed by atoms with Gasteiger partial charge in [-0.15, -0.1) is 0 Å². The van der Waals surface area contributed by atoms with Gasteiger partial charge in [-0.05, 0) is 18.4 Å². The molecule has 1 fully saturated rings. The van der Waals surface area contributed by atoms with Gasteiger partial charge in [0.05, 0.1) is 0 Å². The molecule has 2 rings (SSSR count). The molecule has 0 aromatic heterocycles. The van der Waals surface area contributed by atoms with Crippen LogP contribution in [0.5, 0.6) is 0 Å². The summed E-state index contributed by atoms with van der Waals surface area (Å²) in [7, 11) is 0. The fourth-order valence-electron chi connectivity index (χ4n) is 2.69. The van der Waals surface area contributed by atoms with Crippen molar-refractivity contribution >= 4 is 11.8 Å². The summed E-state index contributed by atoms with van der Waals surface area (Å²) < 4.78 is 0. The van der Waals surface area contributed by atoms with Crippen LogP contribution in [0.25, 0.3) is 0 Å². The first kappa shape index (κ1) is 14.0. The van der Waals surface area contributed by atoms with Crippen LogP contribution in [-0.2, 0) is 5.75 Å². The molecule has 1 saturated carbocycles. The van der Waals surface area contributed by atoms with Gasteiger partial charge < -0.3 is 5.32 Å². The second-order valence-corrected chi connectivity index (χ2v) is 6.77. The van der Waals surface area contributed by atoms with Gasteiger partial charge in [-0.25, -0.2) is 0 Å². The Labute approximate surface area is 116 Å². The predicted molar refractivity (Wildman–Crippen MR) is 82.1 cm³/mol. The molecule has 2 atom stereocenters. The zero-order valence-electron chi connectivity index (χ0n) is 11.6. The fourth-order valence-corrected chi connectivity index (χ4v) is 4.07. The molecule has 1 nitrogen and oxygen atoms in total. The molecule has 0 bridgehead atoms. The average Bonchev–Trinajstić information content (AvgIpc) is 2.38. The number of rotatable bonds is 5. The third kappa shape index (κ3) is 4.33. The molecular formula is C16H25NS. The highest BCUT2D eigenvalue weighted by Gasteiger charge is 2.25. The molecule has 0 heterocycles. The van der Waals surface area contributed by atoms with Crippen molar-refractivity contribution in [3.05, 3.63) is 35.9 Å². The maximum Gasteiger partial charge on any atom is 0.0204 e. The van der Waals surface area contributed by atoms with Gasteiger partial charge >= 0.3 is 0 Å². The van der Waals surface area contributed by atoms with E-state index in [0.717, 1.165) is 11.0 Å². The second kappa shape index (κ2) is 7.20. The van der Waals surface area contributed by atoms with Gasteiger partial charge in [0.2, 0.25) is 0 Å². The maximum absolute atomic E-state index is 3.75. The number of nitrogens with one attached hydrogen (secondary N) is 1. The molecule has 1 aromatic rings. The smallest absolute Gasteiger partial charge is 0.0204 e. The molecule has 0 amide bonds. The summed E-state index contributed by atoms with van der Waals surface area (Å²) in [5, 5.41) is 4.54. The van der Waals surface area contributed by atoms with Crippen LogP contribution in [0.4, 0.5) is 0 Å². The lowest BCUT2D eigenvalue weighted by Gasteiger charge is -2.33. The summed E-state index contributed by atoms with van der Waals surface area (Å²) in [6.07, 6.45) is 5.53. The van der Waals surface area contributed by atoms with Crippen LogP contribution in [0.2, 0.25) is 0 Å². The maximum atomic E-state index is 3.75. The van der Waals surface area contributed by atoms with Gasteiger partial charge in [0.1, 0.15) is 0 Å². The van der Waals surface area contributed by atoms with Gasteiger partial charge in [0.25, 0.3) is 0 Å². The normalized spacial score (nSPS) is 24.4. The van der Waals surface area contributed by atoms with E-state index in [-0.39, 0.29) is 0 Å². The Hall–Kier alpha value is -0.470. The van der Waals surface area contributed by atoms with E-state index in [4.69, 9.17) is 0 Å². The van der Waals surface area contributed by atoms with Crippen molar-refractivity contribution in [1.29, 1.82) is 0 Å². The Balaban J connectivity index is 1.85. The Morgan fingerprint density at radius 2 is 1.89 bits per heavy atom. The van der Waals surface area contributed by atoms with Gasteiger partial charge in [-0.3, -0.25) is 0 Å². The van der Waals surface area contributed by atoms with Crippen LogP contribution in [0, 0.1) is 0 Å². The minimum Gasteiger partial charge on any atom is -0.311 e. The average molecular weight is 263 g/mol. The highest BCUT2D eigenvalue weighted by molar-refractivity contribution is 7.99. The Bertz CT molecular complexity index is 336. The minimum absolute atomic E-state index is 0.605. The van der Waals surface area contributed by atoms with Crippen molar-refractivity contribution in [2.24, 2.45) is 0 Å². The van der Waals surface area contributed by atoms with Crippen molar-refractivity contribution in [3.8, 4) is 0 Å². The first-order valence-electron chi connectivity index (χ1n) is 7.17. The molecule has 18 heavy (non-hydrogen) atoms. The zero-order valence-corrected chi connectivity index (χ0v) is 12.4. The predicted octanol–water partition coefficient (Wildman–Crippen LogP) is 4.23. The molecule has 0 aliphatic heterocycles. The van der Waals surface area contributed by atoms with Crippen molar-refractivity contribution in [2.45, 2.75) is 62.6 Å². The minimum atomic E-state index is 0.605. The molecule has 1 N–H and O–H groups in total. The molecule has 100 valence electrons. The standard InChI is InChI=1S/C16H25NS/c1-13(2)17-15-10-6-7-11-16(15)18-12-14-8-4-3-5-9-14/h3-5,8-9,13,15-17H,6-7,10-12H2,1-2H3/t15-,16-/m1/s1. The van der Waals surface area contributed by atoms with E-state index < -0.39 is 0 Å². The highest BCUT2D eigenvalue weighted by Crippen LogP contribution is 2.31. The molecule has 1 aromatic carbocycles. The first-order valence-corrected chi connectivity index (χ1v) is 8.22. The summed E-state index contributed by atoms with van der Waals surface area (Å²) in [6, 6.07) is 12.2. The van der Waals surface area contributed by atoms with Crippen LogP contribution in [0.15, 0.2) is 30.3 Å². The number of hydrogen-bond acceptors (Lipinski definition) is 2. The van der Waals surface area contributed by atoms with Gasteiger partial charge in [-0.1, -0.05) is 57.0 Å². The Morgan fingerprint density at radius 3 is 2.61 bits per heavy atom. The summed E-state index contributed by atoms with van der Waals surface area (Å²) in [6.45, 7) is 4.51. The molecular weight excluding hydrogens is 238 g/mol. The van der Waals surface area contributed by atoms with E-state index in [9.17, 15) is 0 Å². The lowest BCUT2D eigenvalue weighted by atomic mass is 9.94. The molecule has 1 aliphatic carbocycles. The Kier molecular flexibility index (Phi) is 5.58. The quantitative estimate of drug-likeness (QED) is 0.853. The van der Waals surface area contributed by atoms with Crippen LogP contribution < -0.4 is 5.32 Å². The molecule has 0 spiro atoms. The molecule has 0 saturated heterocycles. The van der Waals surface area contributed by atoms with E-state index in [1.807, 2.05) is 0 Å². The van der Waals surface area contributed by atoms with Crippen molar-refractivity contribution in [1.82, 2.24) is 5.32 Å². The second-order valence-electron chi connectivity index (χ2n) is 5.55. The Morgan fingerprint density at radius 1 is 1.17 bits per heavy atom. The lowest BCUT2D eigenvalue weighted by molar-refractivity contribution is 0.361. The molecule has 1 aliphatic rings.